The highest BCUT2D eigenvalue weighted by Crippen LogP contribution is 2.39. The molecule has 0 radical (unpaired) electrons. The molecule has 1 heterocycles. The second-order valence-electron chi connectivity index (χ2n) is 6.35. The molecular formula is C20H25ClN2O4. The van der Waals surface area contributed by atoms with E-state index in [1.54, 1.807) is 31.3 Å². The zero-order valence-electron chi connectivity index (χ0n) is 15.5. The first-order valence-electron chi connectivity index (χ1n) is 8.58. The van der Waals surface area contributed by atoms with Gasteiger partial charge in [0, 0.05) is 29.8 Å². The number of halogens is 1. The molecule has 146 valence electrons. The largest absolute Gasteiger partial charge is 0.496 e. The van der Waals surface area contributed by atoms with Gasteiger partial charge in [0.15, 0.2) is 0 Å². The third-order valence-electron chi connectivity index (χ3n) is 4.81. The predicted molar refractivity (Wildman–Crippen MR) is 106 cm³/mol. The molecule has 1 aliphatic heterocycles. The lowest BCUT2D eigenvalue weighted by Gasteiger charge is -2.34. The SMILES string of the molecule is COc1ccc(OC)c2c1CN(C(=O)CCc1ccccc1N)CC2O.Cl. The summed E-state index contributed by atoms with van der Waals surface area (Å²) in [4.78, 5) is 14.4. The monoisotopic (exact) mass is 392 g/mol. The first kappa shape index (κ1) is 20.9. The average molecular weight is 393 g/mol. The average Bonchev–Trinajstić information content (AvgIpc) is 2.66. The highest BCUT2D eigenvalue weighted by molar-refractivity contribution is 5.85. The summed E-state index contributed by atoms with van der Waals surface area (Å²) < 4.78 is 10.8. The van der Waals surface area contributed by atoms with Crippen LogP contribution in [0.5, 0.6) is 11.5 Å². The molecule has 0 aromatic heterocycles. The Kier molecular flexibility index (Phi) is 6.93. The van der Waals surface area contributed by atoms with Crippen molar-refractivity contribution in [1.29, 1.82) is 0 Å². The van der Waals surface area contributed by atoms with Crippen LogP contribution in [0.3, 0.4) is 0 Å². The molecule has 0 aliphatic carbocycles. The number of nitrogens with zero attached hydrogens (tertiary/aromatic N) is 1. The fraction of sp³-hybridized carbons (Fsp3) is 0.350. The van der Waals surface area contributed by atoms with Gasteiger partial charge in [-0.2, -0.15) is 0 Å². The van der Waals surface area contributed by atoms with Crippen LogP contribution in [-0.2, 0) is 17.8 Å². The standard InChI is InChI=1S/C20H24N2O4.ClH/c1-25-17-8-9-18(26-2)20-14(17)11-22(12-16(20)23)19(24)10-7-13-5-3-4-6-15(13)21;/h3-6,8-9,16,23H,7,10-12,21H2,1-2H3;1H. The molecule has 1 aliphatic rings. The van der Waals surface area contributed by atoms with Crippen molar-refractivity contribution in [2.24, 2.45) is 0 Å². The number of aliphatic hydroxyl groups is 1. The maximum absolute atomic E-state index is 12.7. The summed E-state index contributed by atoms with van der Waals surface area (Å²) in [6, 6.07) is 11.1. The molecule has 3 N–H and O–H groups in total. The van der Waals surface area contributed by atoms with E-state index in [-0.39, 0.29) is 24.9 Å². The fourth-order valence-electron chi connectivity index (χ4n) is 3.43. The second-order valence-corrected chi connectivity index (χ2v) is 6.35. The van der Waals surface area contributed by atoms with Gasteiger partial charge in [-0.15, -0.1) is 12.4 Å². The van der Waals surface area contributed by atoms with Gasteiger partial charge < -0.3 is 25.2 Å². The summed E-state index contributed by atoms with van der Waals surface area (Å²) in [5.41, 5.74) is 9.08. The van der Waals surface area contributed by atoms with Crippen molar-refractivity contribution in [3.63, 3.8) is 0 Å². The van der Waals surface area contributed by atoms with Crippen LogP contribution in [-0.4, -0.2) is 36.7 Å². The lowest BCUT2D eigenvalue weighted by molar-refractivity contribution is -0.134. The number of benzene rings is 2. The van der Waals surface area contributed by atoms with Crippen LogP contribution in [0.1, 0.15) is 29.2 Å². The number of carbonyl (C=O) groups excluding carboxylic acids is 1. The third-order valence-corrected chi connectivity index (χ3v) is 4.81. The number of aryl methyl sites for hydroxylation is 1. The minimum absolute atomic E-state index is 0. The number of nitrogens with two attached hydrogens (primary N) is 1. The molecular weight excluding hydrogens is 368 g/mol. The van der Waals surface area contributed by atoms with Crippen LogP contribution < -0.4 is 15.2 Å². The van der Waals surface area contributed by atoms with Crippen LogP contribution in [0.15, 0.2) is 36.4 Å². The van der Waals surface area contributed by atoms with Gasteiger partial charge in [0.1, 0.15) is 17.6 Å². The lowest BCUT2D eigenvalue weighted by atomic mass is 9.94. The Morgan fingerprint density at radius 3 is 2.52 bits per heavy atom. The van der Waals surface area contributed by atoms with Crippen LogP contribution in [0.2, 0.25) is 0 Å². The Balaban J connectivity index is 0.00000261. The number of carbonyl (C=O) groups is 1. The van der Waals surface area contributed by atoms with Gasteiger partial charge in [0.25, 0.3) is 0 Å². The number of amides is 1. The van der Waals surface area contributed by atoms with Crippen molar-refractivity contribution in [1.82, 2.24) is 4.90 Å². The molecule has 1 unspecified atom stereocenters. The minimum atomic E-state index is -0.811. The number of para-hydroxylation sites is 1. The van der Waals surface area contributed by atoms with Crippen molar-refractivity contribution in [3.8, 4) is 11.5 Å². The number of fused-ring (bicyclic) bond motifs is 1. The van der Waals surface area contributed by atoms with Crippen molar-refractivity contribution in [3.05, 3.63) is 53.1 Å². The Morgan fingerprint density at radius 1 is 1.19 bits per heavy atom. The van der Waals surface area contributed by atoms with Gasteiger partial charge in [-0.1, -0.05) is 18.2 Å². The van der Waals surface area contributed by atoms with Gasteiger partial charge in [0.05, 0.1) is 20.8 Å². The first-order chi connectivity index (χ1) is 12.5. The maximum atomic E-state index is 12.7. The number of anilines is 1. The number of ether oxygens (including phenoxy) is 2. The van der Waals surface area contributed by atoms with Crippen molar-refractivity contribution >= 4 is 24.0 Å². The van der Waals surface area contributed by atoms with Gasteiger partial charge >= 0.3 is 0 Å². The van der Waals surface area contributed by atoms with E-state index in [0.29, 0.717) is 42.1 Å². The lowest BCUT2D eigenvalue weighted by Crippen LogP contribution is -2.38. The Morgan fingerprint density at radius 2 is 1.85 bits per heavy atom. The van der Waals surface area contributed by atoms with Gasteiger partial charge in [-0.05, 0) is 30.2 Å². The molecule has 0 bridgehead atoms. The quantitative estimate of drug-likeness (QED) is 0.764. The molecule has 1 amide bonds. The van der Waals surface area contributed by atoms with Crippen molar-refractivity contribution < 1.29 is 19.4 Å². The minimum Gasteiger partial charge on any atom is -0.496 e. The normalized spacial score (nSPS) is 15.5. The van der Waals surface area contributed by atoms with E-state index in [1.165, 1.54) is 0 Å². The number of hydrogen-bond acceptors (Lipinski definition) is 5. The zero-order chi connectivity index (χ0) is 18.7. The number of β-amino-alcohol motifs (C(OH)–C–C–N with tert-alkyl or cyclic N) is 1. The highest BCUT2D eigenvalue weighted by atomic mass is 35.5. The molecule has 0 spiro atoms. The molecule has 2 aromatic rings. The molecule has 0 saturated heterocycles. The Hall–Kier alpha value is -2.44. The van der Waals surface area contributed by atoms with E-state index >= 15 is 0 Å². The Labute approximate surface area is 165 Å². The topological polar surface area (TPSA) is 85.0 Å². The van der Waals surface area contributed by atoms with E-state index in [4.69, 9.17) is 15.2 Å². The summed E-state index contributed by atoms with van der Waals surface area (Å²) in [7, 11) is 3.14. The van der Waals surface area contributed by atoms with Gasteiger partial charge in [-0.25, -0.2) is 0 Å². The smallest absolute Gasteiger partial charge is 0.223 e. The summed E-state index contributed by atoms with van der Waals surface area (Å²) in [5.74, 6) is 1.23. The number of nitrogen functional groups attached to an aromatic ring is 1. The number of hydrogen-bond donors (Lipinski definition) is 2. The summed E-state index contributed by atoms with van der Waals surface area (Å²) >= 11 is 0. The first-order valence-corrected chi connectivity index (χ1v) is 8.58. The summed E-state index contributed by atoms with van der Waals surface area (Å²) in [6.07, 6.45) is 0.0949. The molecule has 6 nitrogen and oxygen atoms in total. The molecule has 7 heteroatoms. The highest BCUT2D eigenvalue weighted by Gasteiger charge is 2.31. The van der Waals surface area contributed by atoms with E-state index in [9.17, 15) is 9.90 Å². The molecule has 0 saturated carbocycles. The molecule has 27 heavy (non-hydrogen) atoms. The fourth-order valence-corrected chi connectivity index (χ4v) is 3.43. The molecule has 2 aromatic carbocycles. The van der Waals surface area contributed by atoms with E-state index in [2.05, 4.69) is 0 Å². The van der Waals surface area contributed by atoms with Crippen LogP contribution in [0.4, 0.5) is 5.69 Å². The molecule has 3 rings (SSSR count). The van der Waals surface area contributed by atoms with Crippen molar-refractivity contribution in [2.75, 3.05) is 26.5 Å². The molecule has 1 atom stereocenters. The van der Waals surface area contributed by atoms with Gasteiger partial charge in [0.2, 0.25) is 5.91 Å². The molecule has 0 fully saturated rings. The summed E-state index contributed by atoms with van der Waals surface area (Å²) in [6.45, 7) is 0.621. The van der Waals surface area contributed by atoms with Crippen LogP contribution in [0, 0.1) is 0 Å². The number of methoxy groups -OCH3 is 2. The van der Waals surface area contributed by atoms with E-state index < -0.39 is 6.10 Å². The van der Waals surface area contributed by atoms with Gasteiger partial charge in [-0.3, -0.25) is 4.79 Å². The van der Waals surface area contributed by atoms with Crippen LogP contribution >= 0.6 is 12.4 Å². The second kappa shape index (κ2) is 8.97. The maximum Gasteiger partial charge on any atom is 0.223 e. The number of rotatable bonds is 5. The van der Waals surface area contributed by atoms with E-state index in [1.807, 2.05) is 24.3 Å². The Bertz CT molecular complexity index is 813. The number of aliphatic hydroxyl groups excluding tert-OH is 1. The summed E-state index contributed by atoms with van der Waals surface area (Å²) in [5, 5.41) is 10.6. The third kappa shape index (κ3) is 4.28. The van der Waals surface area contributed by atoms with Crippen LogP contribution in [0.25, 0.3) is 0 Å². The van der Waals surface area contributed by atoms with Crippen molar-refractivity contribution in [2.45, 2.75) is 25.5 Å². The zero-order valence-corrected chi connectivity index (χ0v) is 16.3. The predicted octanol–water partition coefficient (Wildman–Crippen LogP) is 2.72. The van der Waals surface area contributed by atoms with E-state index in [0.717, 1.165) is 11.1 Å².